The second kappa shape index (κ2) is 6.92. The van der Waals surface area contributed by atoms with Crippen molar-refractivity contribution in [3.8, 4) is 17.1 Å². The van der Waals surface area contributed by atoms with E-state index < -0.39 is 0 Å². The molecular formula is C21H17N3O3. The number of hydrogen-bond acceptors (Lipinski definition) is 6. The third-order valence-corrected chi connectivity index (χ3v) is 4.32. The van der Waals surface area contributed by atoms with E-state index in [0.29, 0.717) is 28.4 Å². The Kier molecular flexibility index (Phi) is 4.30. The molecular weight excluding hydrogens is 342 g/mol. The molecule has 6 heteroatoms. The van der Waals surface area contributed by atoms with E-state index in [4.69, 9.17) is 9.15 Å². The number of fused-ring (bicyclic) bond motifs is 1. The molecule has 1 aromatic carbocycles. The molecule has 0 atom stereocenters. The Hall–Kier alpha value is -3.67. The van der Waals surface area contributed by atoms with Crippen LogP contribution in [0.15, 0.2) is 76.2 Å². The summed E-state index contributed by atoms with van der Waals surface area (Å²) in [5.74, 6) is 0.944. The molecule has 0 amide bonds. The number of methoxy groups -OCH3 is 1. The van der Waals surface area contributed by atoms with Gasteiger partial charge < -0.3 is 14.1 Å². The highest BCUT2D eigenvalue weighted by Gasteiger charge is 2.15. The van der Waals surface area contributed by atoms with Crippen LogP contribution in [0.25, 0.3) is 22.2 Å². The molecule has 0 radical (unpaired) electrons. The van der Waals surface area contributed by atoms with E-state index in [1.807, 2.05) is 48.3 Å². The first kappa shape index (κ1) is 16.8. The lowest BCUT2D eigenvalue weighted by Gasteiger charge is -2.18. The van der Waals surface area contributed by atoms with Gasteiger partial charge in [-0.3, -0.25) is 9.78 Å². The Labute approximate surface area is 155 Å². The van der Waals surface area contributed by atoms with Gasteiger partial charge in [0.1, 0.15) is 5.69 Å². The largest absolute Gasteiger partial charge is 0.481 e. The van der Waals surface area contributed by atoms with Gasteiger partial charge in [0.15, 0.2) is 11.0 Å². The van der Waals surface area contributed by atoms with Crippen molar-refractivity contribution >= 4 is 22.5 Å². The van der Waals surface area contributed by atoms with Crippen LogP contribution in [0.2, 0.25) is 0 Å². The minimum atomic E-state index is -0.126. The zero-order valence-corrected chi connectivity index (χ0v) is 14.9. The van der Waals surface area contributed by atoms with Gasteiger partial charge in [0, 0.05) is 42.8 Å². The van der Waals surface area contributed by atoms with E-state index in [-0.39, 0.29) is 5.43 Å². The predicted molar refractivity (Wildman–Crippen MR) is 105 cm³/mol. The molecule has 134 valence electrons. The molecule has 0 N–H and O–H groups in total. The maximum Gasteiger partial charge on any atom is 0.212 e. The number of benzene rings is 1. The molecule has 0 saturated heterocycles. The van der Waals surface area contributed by atoms with E-state index in [9.17, 15) is 4.79 Å². The van der Waals surface area contributed by atoms with Crippen LogP contribution in [0.4, 0.5) is 11.6 Å². The van der Waals surface area contributed by atoms with Crippen LogP contribution in [0.3, 0.4) is 0 Å². The minimum Gasteiger partial charge on any atom is -0.481 e. The van der Waals surface area contributed by atoms with Crippen molar-refractivity contribution in [2.24, 2.45) is 0 Å². The summed E-state index contributed by atoms with van der Waals surface area (Å²) in [4.78, 5) is 23.1. The molecule has 3 aromatic heterocycles. The van der Waals surface area contributed by atoms with Gasteiger partial charge >= 0.3 is 0 Å². The molecule has 0 fully saturated rings. The summed E-state index contributed by atoms with van der Waals surface area (Å²) < 4.78 is 11.2. The van der Waals surface area contributed by atoms with E-state index in [1.165, 1.54) is 6.07 Å². The molecule has 0 unspecified atom stereocenters. The lowest BCUT2D eigenvalue weighted by atomic mass is 10.1. The van der Waals surface area contributed by atoms with E-state index in [1.54, 1.807) is 31.6 Å². The van der Waals surface area contributed by atoms with Crippen molar-refractivity contribution in [3.05, 3.63) is 77.2 Å². The molecule has 4 rings (SSSR count). The normalized spacial score (nSPS) is 10.7. The molecule has 4 aromatic rings. The third kappa shape index (κ3) is 3.13. The average molecular weight is 359 g/mol. The van der Waals surface area contributed by atoms with Crippen molar-refractivity contribution in [2.75, 3.05) is 19.1 Å². The zero-order valence-electron chi connectivity index (χ0n) is 14.9. The highest BCUT2D eigenvalue weighted by Crippen LogP contribution is 2.30. The molecule has 0 aliphatic heterocycles. The van der Waals surface area contributed by atoms with Gasteiger partial charge in [-0.25, -0.2) is 4.98 Å². The van der Waals surface area contributed by atoms with Gasteiger partial charge in [0.2, 0.25) is 11.8 Å². The minimum absolute atomic E-state index is 0.126. The van der Waals surface area contributed by atoms with Crippen LogP contribution >= 0.6 is 0 Å². The SMILES string of the molecule is COc1ccc(-c2nccc3c(=O)cc(N(C)c4ccccc4)oc23)cn1. The molecule has 0 aliphatic rings. The fraction of sp³-hybridized carbons (Fsp3) is 0.0952. The fourth-order valence-corrected chi connectivity index (χ4v) is 2.86. The van der Waals surface area contributed by atoms with Crippen molar-refractivity contribution in [1.29, 1.82) is 0 Å². The maximum atomic E-state index is 12.7. The van der Waals surface area contributed by atoms with Crippen molar-refractivity contribution < 1.29 is 9.15 Å². The van der Waals surface area contributed by atoms with E-state index in [0.717, 1.165) is 11.3 Å². The molecule has 0 bridgehead atoms. The summed E-state index contributed by atoms with van der Waals surface area (Å²) >= 11 is 0. The molecule has 27 heavy (non-hydrogen) atoms. The first-order valence-corrected chi connectivity index (χ1v) is 8.39. The number of nitrogens with zero attached hydrogens (tertiary/aromatic N) is 3. The Morgan fingerprint density at radius 2 is 1.85 bits per heavy atom. The quantitative estimate of drug-likeness (QED) is 0.548. The Morgan fingerprint density at radius 3 is 2.56 bits per heavy atom. The lowest BCUT2D eigenvalue weighted by Crippen LogP contribution is -2.13. The van der Waals surface area contributed by atoms with Gasteiger partial charge in [-0.2, -0.15) is 0 Å². The Balaban J connectivity index is 1.88. The van der Waals surface area contributed by atoms with Gasteiger partial charge in [0.05, 0.1) is 12.5 Å². The fourth-order valence-electron chi connectivity index (χ4n) is 2.86. The predicted octanol–water partition coefficient (Wildman–Crippen LogP) is 4.03. The number of anilines is 2. The highest BCUT2D eigenvalue weighted by molar-refractivity contribution is 5.90. The lowest BCUT2D eigenvalue weighted by molar-refractivity contribution is 0.398. The van der Waals surface area contributed by atoms with Gasteiger partial charge in [-0.05, 0) is 24.3 Å². The standard InChI is InChI=1S/C21H17N3O3/c1-24(15-6-4-3-5-7-15)19-12-17(25)16-10-11-22-20(21(16)27-19)14-8-9-18(26-2)23-13-14/h3-13H,1-2H3. The number of pyridine rings is 2. The molecule has 6 nitrogen and oxygen atoms in total. The summed E-state index contributed by atoms with van der Waals surface area (Å²) in [5.41, 5.74) is 2.51. The Morgan fingerprint density at radius 1 is 1.04 bits per heavy atom. The maximum absolute atomic E-state index is 12.7. The number of rotatable bonds is 4. The van der Waals surface area contributed by atoms with Crippen molar-refractivity contribution in [2.45, 2.75) is 0 Å². The van der Waals surface area contributed by atoms with Crippen LogP contribution in [0.1, 0.15) is 0 Å². The number of ether oxygens (including phenoxy) is 1. The van der Waals surface area contributed by atoms with Crippen molar-refractivity contribution in [1.82, 2.24) is 9.97 Å². The first-order valence-electron chi connectivity index (χ1n) is 8.39. The molecule has 0 saturated carbocycles. The van der Waals surface area contributed by atoms with Crippen molar-refractivity contribution in [3.63, 3.8) is 0 Å². The summed E-state index contributed by atoms with van der Waals surface area (Å²) in [6.07, 6.45) is 3.24. The third-order valence-electron chi connectivity index (χ3n) is 4.32. The van der Waals surface area contributed by atoms with Gasteiger partial charge in [-0.15, -0.1) is 0 Å². The highest BCUT2D eigenvalue weighted by atomic mass is 16.5. The van der Waals surface area contributed by atoms with Crippen LogP contribution in [-0.2, 0) is 0 Å². The van der Waals surface area contributed by atoms with Crippen LogP contribution in [-0.4, -0.2) is 24.1 Å². The molecule has 3 heterocycles. The monoisotopic (exact) mass is 359 g/mol. The molecule has 0 aliphatic carbocycles. The number of aromatic nitrogens is 2. The number of hydrogen-bond donors (Lipinski definition) is 0. The average Bonchev–Trinajstić information content (AvgIpc) is 2.73. The second-order valence-corrected chi connectivity index (χ2v) is 5.97. The van der Waals surface area contributed by atoms with Gasteiger partial charge in [0.25, 0.3) is 0 Å². The van der Waals surface area contributed by atoms with Crippen LogP contribution in [0.5, 0.6) is 5.88 Å². The van der Waals surface area contributed by atoms with E-state index in [2.05, 4.69) is 9.97 Å². The summed E-state index contributed by atoms with van der Waals surface area (Å²) in [6, 6.07) is 16.4. The summed E-state index contributed by atoms with van der Waals surface area (Å²) in [7, 11) is 3.41. The van der Waals surface area contributed by atoms with Crippen LogP contribution < -0.4 is 15.1 Å². The number of para-hydroxylation sites is 1. The molecule has 0 spiro atoms. The van der Waals surface area contributed by atoms with Gasteiger partial charge in [-0.1, -0.05) is 18.2 Å². The smallest absolute Gasteiger partial charge is 0.212 e. The summed E-state index contributed by atoms with van der Waals surface area (Å²) in [6.45, 7) is 0. The van der Waals surface area contributed by atoms with Crippen LogP contribution in [0, 0.1) is 0 Å². The second-order valence-electron chi connectivity index (χ2n) is 5.97. The summed E-state index contributed by atoms with van der Waals surface area (Å²) in [5, 5.41) is 0.473. The Bertz CT molecular complexity index is 1140. The topological polar surface area (TPSA) is 68.5 Å². The zero-order chi connectivity index (χ0) is 18.8. The first-order chi connectivity index (χ1) is 13.2. The van der Waals surface area contributed by atoms with E-state index >= 15 is 0 Å².